The van der Waals surface area contributed by atoms with Crippen molar-refractivity contribution in [3.05, 3.63) is 34.3 Å². The number of hydrogen-bond donors (Lipinski definition) is 1. The zero-order valence-electron chi connectivity index (χ0n) is 8.42. The molecule has 1 fully saturated rings. The van der Waals surface area contributed by atoms with E-state index in [9.17, 15) is 4.79 Å². The molecule has 1 aliphatic rings. The molecule has 3 nitrogen and oxygen atoms in total. The van der Waals surface area contributed by atoms with Crippen LogP contribution in [0.15, 0.2) is 28.7 Å². The molecule has 0 aromatic heterocycles. The molecule has 1 amide bonds. The predicted molar refractivity (Wildman–Crippen MR) is 60.8 cm³/mol. The maximum absolute atomic E-state index is 10.9. The summed E-state index contributed by atoms with van der Waals surface area (Å²) in [5, 5.41) is 2.71. The average Bonchev–Trinajstić information content (AvgIpc) is 2.24. The van der Waals surface area contributed by atoms with E-state index in [1.807, 2.05) is 24.3 Å². The minimum Gasteiger partial charge on any atom is -0.449 e. The monoisotopic (exact) mass is 269 g/mol. The van der Waals surface area contributed by atoms with E-state index in [0.717, 1.165) is 4.47 Å². The summed E-state index contributed by atoms with van der Waals surface area (Å²) in [7, 11) is 0. The maximum atomic E-state index is 10.9. The SMILES string of the molecule is CC1(c2ccc(Br)cc2)CNC(=O)OC1. The molecule has 1 atom stereocenters. The third-order valence-corrected chi connectivity index (χ3v) is 3.21. The van der Waals surface area contributed by atoms with E-state index in [4.69, 9.17) is 4.74 Å². The number of rotatable bonds is 1. The molecule has 0 radical (unpaired) electrons. The highest BCUT2D eigenvalue weighted by Crippen LogP contribution is 2.26. The fourth-order valence-corrected chi connectivity index (χ4v) is 1.90. The number of hydrogen-bond acceptors (Lipinski definition) is 2. The first kappa shape index (κ1) is 10.5. The zero-order valence-corrected chi connectivity index (χ0v) is 10.0. The van der Waals surface area contributed by atoms with Crippen LogP contribution in [-0.4, -0.2) is 19.2 Å². The summed E-state index contributed by atoms with van der Waals surface area (Å²) in [6, 6.07) is 8.09. The summed E-state index contributed by atoms with van der Waals surface area (Å²) in [6.45, 7) is 3.13. The molecule has 1 unspecified atom stereocenters. The summed E-state index contributed by atoms with van der Waals surface area (Å²) in [6.07, 6.45) is -0.329. The number of carbonyl (C=O) groups is 1. The van der Waals surface area contributed by atoms with Crippen LogP contribution >= 0.6 is 15.9 Å². The van der Waals surface area contributed by atoms with Gasteiger partial charge in [0.25, 0.3) is 0 Å². The van der Waals surface area contributed by atoms with Crippen LogP contribution < -0.4 is 5.32 Å². The molecule has 0 spiro atoms. The van der Waals surface area contributed by atoms with Crippen molar-refractivity contribution < 1.29 is 9.53 Å². The summed E-state index contributed by atoms with van der Waals surface area (Å²) < 4.78 is 6.07. The molecule has 2 rings (SSSR count). The molecule has 1 saturated heterocycles. The Kier molecular flexibility index (Phi) is 2.69. The number of cyclic esters (lactones) is 1. The molecule has 0 aliphatic carbocycles. The van der Waals surface area contributed by atoms with Gasteiger partial charge in [0.1, 0.15) is 6.61 Å². The van der Waals surface area contributed by atoms with Crippen molar-refractivity contribution in [3.63, 3.8) is 0 Å². The van der Waals surface area contributed by atoms with Gasteiger partial charge >= 0.3 is 6.09 Å². The summed E-state index contributed by atoms with van der Waals surface area (Å²) >= 11 is 3.40. The summed E-state index contributed by atoms with van der Waals surface area (Å²) in [5.41, 5.74) is 1.04. The molecule has 15 heavy (non-hydrogen) atoms. The van der Waals surface area contributed by atoms with Crippen LogP contribution in [0.3, 0.4) is 0 Å². The van der Waals surface area contributed by atoms with E-state index >= 15 is 0 Å². The van der Waals surface area contributed by atoms with Gasteiger partial charge in [-0.05, 0) is 17.7 Å². The van der Waals surface area contributed by atoms with E-state index < -0.39 is 0 Å². The lowest BCUT2D eigenvalue weighted by Gasteiger charge is -2.33. The van der Waals surface area contributed by atoms with Gasteiger partial charge in [-0.1, -0.05) is 35.0 Å². The first-order valence-electron chi connectivity index (χ1n) is 4.77. The fraction of sp³-hybridized carbons (Fsp3) is 0.364. The molecule has 1 heterocycles. The van der Waals surface area contributed by atoms with Crippen molar-refractivity contribution >= 4 is 22.0 Å². The Bertz CT molecular complexity index is 365. The normalized spacial score (nSPS) is 25.6. The average molecular weight is 270 g/mol. The van der Waals surface area contributed by atoms with Gasteiger partial charge in [-0.3, -0.25) is 0 Å². The van der Waals surface area contributed by atoms with Gasteiger partial charge in [0.2, 0.25) is 0 Å². The number of amides is 1. The lowest BCUT2D eigenvalue weighted by Crippen LogP contribution is -2.48. The lowest BCUT2D eigenvalue weighted by molar-refractivity contribution is 0.0929. The summed E-state index contributed by atoms with van der Waals surface area (Å²) in [4.78, 5) is 10.9. The van der Waals surface area contributed by atoms with Gasteiger partial charge in [0.05, 0.1) is 0 Å². The van der Waals surface area contributed by atoms with Crippen LogP contribution in [0.25, 0.3) is 0 Å². The Morgan fingerprint density at radius 1 is 1.40 bits per heavy atom. The number of carbonyl (C=O) groups excluding carboxylic acids is 1. The van der Waals surface area contributed by atoms with Crippen molar-refractivity contribution in [2.45, 2.75) is 12.3 Å². The van der Waals surface area contributed by atoms with Crippen LogP contribution in [0, 0.1) is 0 Å². The van der Waals surface area contributed by atoms with Crippen molar-refractivity contribution in [1.29, 1.82) is 0 Å². The molecule has 1 aliphatic heterocycles. The quantitative estimate of drug-likeness (QED) is 0.851. The van der Waals surface area contributed by atoms with E-state index in [0.29, 0.717) is 13.2 Å². The van der Waals surface area contributed by atoms with Crippen LogP contribution in [-0.2, 0) is 10.2 Å². The molecule has 1 aromatic carbocycles. The molecule has 1 aromatic rings. The van der Waals surface area contributed by atoms with Gasteiger partial charge in [0, 0.05) is 16.4 Å². The summed E-state index contributed by atoms with van der Waals surface area (Å²) in [5.74, 6) is 0. The largest absolute Gasteiger partial charge is 0.449 e. The second-order valence-corrected chi connectivity index (χ2v) is 4.91. The lowest BCUT2D eigenvalue weighted by atomic mass is 9.83. The minimum atomic E-state index is -0.329. The molecular weight excluding hydrogens is 258 g/mol. The van der Waals surface area contributed by atoms with Crippen LogP contribution in [0.1, 0.15) is 12.5 Å². The zero-order chi connectivity index (χ0) is 10.9. The highest BCUT2D eigenvalue weighted by molar-refractivity contribution is 9.10. The second-order valence-electron chi connectivity index (χ2n) is 4.00. The van der Waals surface area contributed by atoms with Crippen LogP contribution in [0.4, 0.5) is 4.79 Å². The smallest absolute Gasteiger partial charge is 0.407 e. The van der Waals surface area contributed by atoms with Gasteiger partial charge in [-0.15, -0.1) is 0 Å². The molecule has 4 heteroatoms. The fourth-order valence-electron chi connectivity index (χ4n) is 1.63. The standard InChI is InChI=1S/C11H12BrNO2/c1-11(6-13-10(14)15-7-11)8-2-4-9(12)5-3-8/h2-5H,6-7H2,1H3,(H,13,14). The van der Waals surface area contributed by atoms with Crippen LogP contribution in [0.2, 0.25) is 0 Å². The Labute approximate surface area is 96.9 Å². The van der Waals surface area contributed by atoms with Gasteiger partial charge in [-0.2, -0.15) is 0 Å². The van der Waals surface area contributed by atoms with Gasteiger partial charge in [0.15, 0.2) is 0 Å². The Hall–Kier alpha value is -1.03. The Morgan fingerprint density at radius 2 is 2.07 bits per heavy atom. The number of alkyl carbamates (subject to hydrolysis) is 1. The van der Waals surface area contributed by atoms with Crippen molar-refractivity contribution in [3.8, 4) is 0 Å². The van der Waals surface area contributed by atoms with Gasteiger partial charge in [-0.25, -0.2) is 4.79 Å². The number of ether oxygens (including phenoxy) is 1. The van der Waals surface area contributed by atoms with E-state index in [-0.39, 0.29) is 11.5 Å². The van der Waals surface area contributed by atoms with Gasteiger partial charge < -0.3 is 10.1 Å². The highest BCUT2D eigenvalue weighted by Gasteiger charge is 2.32. The minimum absolute atomic E-state index is 0.130. The third kappa shape index (κ3) is 2.15. The highest BCUT2D eigenvalue weighted by atomic mass is 79.9. The number of nitrogens with one attached hydrogen (secondary N) is 1. The second kappa shape index (κ2) is 3.85. The topological polar surface area (TPSA) is 38.3 Å². The molecule has 80 valence electrons. The number of benzene rings is 1. The Balaban J connectivity index is 2.22. The molecular formula is C11H12BrNO2. The Morgan fingerprint density at radius 3 is 2.60 bits per heavy atom. The predicted octanol–water partition coefficient (Wildman–Crippen LogP) is 2.45. The van der Waals surface area contributed by atoms with Crippen LogP contribution in [0.5, 0.6) is 0 Å². The van der Waals surface area contributed by atoms with E-state index in [1.165, 1.54) is 5.56 Å². The van der Waals surface area contributed by atoms with Crippen molar-refractivity contribution in [2.75, 3.05) is 13.2 Å². The molecule has 0 bridgehead atoms. The van der Waals surface area contributed by atoms with E-state index in [1.54, 1.807) is 0 Å². The van der Waals surface area contributed by atoms with Crippen molar-refractivity contribution in [1.82, 2.24) is 5.32 Å². The third-order valence-electron chi connectivity index (χ3n) is 2.69. The first-order chi connectivity index (χ1) is 7.10. The molecule has 0 saturated carbocycles. The number of halogens is 1. The van der Waals surface area contributed by atoms with E-state index in [2.05, 4.69) is 28.2 Å². The van der Waals surface area contributed by atoms with Crippen molar-refractivity contribution in [2.24, 2.45) is 0 Å². The first-order valence-corrected chi connectivity index (χ1v) is 5.56. The molecule has 1 N–H and O–H groups in total. The maximum Gasteiger partial charge on any atom is 0.407 e.